The molecule has 0 saturated heterocycles. The molecule has 0 heterocycles. The number of hydrogen-bond acceptors (Lipinski definition) is 3. The fraction of sp³-hybridized carbons (Fsp3) is 0.727. The predicted octanol–water partition coefficient (Wildman–Crippen LogP) is 1.88. The van der Waals surface area contributed by atoms with Crippen molar-refractivity contribution in [3.05, 3.63) is 12.7 Å². The van der Waals surface area contributed by atoms with Crippen molar-refractivity contribution in [3.8, 4) is 0 Å². The molecular weight excluding hydrogens is 178 g/mol. The Hall–Kier alpha value is -0.830. The second-order valence-electron chi connectivity index (χ2n) is 4.31. The van der Waals surface area contributed by atoms with Gasteiger partial charge in [-0.15, -0.1) is 6.58 Å². The Labute approximate surface area is 86.5 Å². The van der Waals surface area contributed by atoms with Crippen molar-refractivity contribution in [1.82, 2.24) is 5.32 Å². The van der Waals surface area contributed by atoms with E-state index in [1.54, 1.807) is 6.08 Å². The van der Waals surface area contributed by atoms with Gasteiger partial charge in [-0.05, 0) is 27.7 Å². The minimum Gasteiger partial charge on any atom is -0.460 e. The third kappa shape index (κ3) is 7.80. The van der Waals surface area contributed by atoms with E-state index in [9.17, 15) is 4.79 Å². The molecule has 0 aliphatic rings. The molecule has 0 aromatic carbocycles. The Balaban J connectivity index is 3.60. The van der Waals surface area contributed by atoms with Crippen LogP contribution in [-0.2, 0) is 9.53 Å². The van der Waals surface area contributed by atoms with Crippen LogP contribution in [0.25, 0.3) is 0 Å². The van der Waals surface area contributed by atoms with Crippen LogP contribution in [0.3, 0.4) is 0 Å². The summed E-state index contributed by atoms with van der Waals surface area (Å²) in [6, 6.07) is 0.234. The largest absolute Gasteiger partial charge is 0.460 e. The predicted molar refractivity (Wildman–Crippen MR) is 58.1 cm³/mol. The van der Waals surface area contributed by atoms with Crippen molar-refractivity contribution in [3.63, 3.8) is 0 Å². The first-order chi connectivity index (χ1) is 6.35. The number of hydrogen-bond donors (Lipinski definition) is 1. The SMILES string of the molecule is C=CC(C)NCCC(=O)OC(C)(C)C. The topological polar surface area (TPSA) is 38.3 Å². The van der Waals surface area contributed by atoms with Crippen molar-refractivity contribution < 1.29 is 9.53 Å². The van der Waals surface area contributed by atoms with Crippen LogP contribution in [-0.4, -0.2) is 24.2 Å². The molecule has 0 rings (SSSR count). The maximum atomic E-state index is 11.2. The minimum atomic E-state index is -0.388. The van der Waals surface area contributed by atoms with Crippen molar-refractivity contribution in [1.29, 1.82) is 0 Å². The van der Waals surface area contributed by atoms with E-state index in [-0.39, 0.29) is 17.6 Å². The van der Waals surface area contributed by atoms with Crippen LogP contribution >= 0.6 is 0 Å². The molecule has 0 bridgehead atoms. The van der Waals surface area contributed by atoms with Gasteiger partial charge in [-0.2, -0.15) is 0 Å². The fourth-order valence-electron chi connectivity index (χ4n) is 0.878. The molecule has 0 saturated carbocycles. The molecule has 0 aromatic rings. The Kier molecular flexibility index (Phi) is 5.46. The molecule has 3 nitrogen and oxygen atoms in total. The quantitative estimate of drug-likeness (QED) is 0.542. The van der Waals surface area contributed by atoms with E-state index in [0.29, 0.717) is 13.0 Å². The van der Waals surface area contributed by atoms with Crippen molar-refractivity contribution >= 4 is 5.97 Å². The molecule has 0 aliphatic heterocycles. The van der Waals surface area contributed by atoms with Gasteiger partial charge in [0, 0.05) is 12.6 Å². The van der Waals surface area contributed by atoms with Crippen LogP contribution in [0.5, 0.6) is 0 Å². The lowest BCUT2D eigenvalue weighted by Gasteiger charge is -2.19. The van der Waals surface area contributed by atoms with Crippen LogP contribution in [0.1, 0.15) is 34.1 Å². The van der Waals surface area contributed by atoms with Gasteiger partial charge < -0.3 is 10.1 Å². The number of ether oxygens (including phenoxy) is 1. The van der Waals surface area contributed by atoms with E-state index in [1.165, 1.54) is 0 Å². The lowest BCUT2D eigenvalue weighted by Crippen LogP contribution is -2.29. The van der Waals surface area contributed by atoms with Crippen LogP contribution in [0.4, 0.5) is 0 Å². The first-order valence-electron chi connectivity index (χ1n) is 4.93. The number of esters is 1. The monoisotopic (exact) mass is 199 g/mol. The number of rotatable bonds is 5. The number of carbonyl (C=O) groups excluding carboxylic acids is 1. The second kappa shape index (κ2) is 5.81. The normalized spacial score (nSPS) is 13.4. The van der Waals surface area contributed by atoms with E-state index in [1.807, 2.05) is 27.7 Å². The minimum absolute atomic E-state index is 0.165. The summed E-state index contributed by atoms with van der Waals surface area (Å²) in [5, 5.41) is 3.13. The van der Waals surface area contributed by atoms with Gasteiger partial charge in [0.15, 0.2) is 0 Å². The Morgan fingerprint density at radius 3 is 2.57 bits per heavy atom. The summed E-state index contributed by atoms with van der Waals surface area (Å²) in [6.07, 6.45) is 2.20. The highest BCUT2D eigenvalue weighted by Gasteiger charge is 2.15. The van der Waals surface area contributed by atoms with E-state index >= 15 is 0 Å². The highest BCUT2D eigenvalue weighted by atomic mass is 16.6. The fourth-order valence-corrected chi connectivity index (χ4v) is 0.878. The molecule has 1 unspecified atom stereocenters. The third-order valence-electron chi connectivity index (χ3n) is 1.57. The van der Waals surface area contributed by atoms with Gasteiger partial charge in [0.2, 0.25) is 0 Å². The first kappa shape index (κ1) is 13.2. The highest BCUT2D eigenvalue weighted by Crippen LogP contribution is 2.07. The number of carbonyl (C=O) groups is 1. The lowest BCUT2D eigenvalue weighted by atomic mass is 10.2. The van der Waals surface area contributed by atoms with Crippen LogP contribution in [0.2, 0.25) is 0 Å². The van der Waals surface area contributed by atoms with Gasteiger partial charge in [0.05, 0.1) is 6.42 Å². The van der Waals surface area contributed by atoms with Crippen LogP contribution in [0.15, 0.2) is 12.7 Å². The standard InChI is InChI=1S/C11H21NO2/c1-6-9(2)12-8-7-10(13)14-11(3,4)5/h6,9,12H,1,7-8H2,2-5H3. The Morgan fingerprint density at radius 1 is 1.57 bits per heavy atom. The zero-order valence-electron chi connectivity index (χ0n) is 9.59. The van der Waals surface area contributed by atoms with Crippen LogP contribution < -0.4 is 5.32 Å². The molecule has 3 heteroatoms. The molecule has 14 heavy (non-hydrogen) atoms. The summed E-state index contributed by atoms with van der Waals surface area (Å²) < 4.78 is 5.15. The molecule has 1 N–H and O–H groups in total. The molecular formula is C11H21NO2. The lowest BCUT2D eigenvalue weighted by molar-refractivity contribution is -0.154. The summed E-state index contributed by atoms with van der Waals surface area (Å²) in [5.41, 5.74) is -0.388. The molecule has 82 valence electrons. The van der Waals surface area contributed by atoms with E-state index in [0.717, 1.165) is 0 Å². The van der Waals surface area contributed by atoms with Gasteiger partial charge in [-0.1, -0.05) is 6.08 Å². The smallest absolute Gasteiger partial charge is 0.307 e. The molecule has 0 radical (unpaired) electrons. The average Bonchev–Trinajstić information content (AvgIpc) is 2.00. The van der Waals surface area contributed by atoms with Gasteiger partial charge in [-0.3, -0.25) is 4.79 Å². The first-order valence-corrected chi connectivity index (χ1v) is 4.93. The molecule has 1 atom stereocenters. The van der Waals surface area contributed by atoms with Crippen molar-refractivity contribution in [2.75, 3.05) is 6.54 Å². The van der Waals surface area contributed by atoms with Crippen molar-refractivity contribution in [2.45, 2.75) is 45.8 Å². The van der Waals surface area contributed by atoms with E-state index < -0.39 is 0 Å². The van der Waals surface area contributed by atoms with E-state index in [4.69, 9.17) is 4.74 Å². The highest BCUT2D eigenvalue weighted by molar-refractivity contribution is 5.70. The Morgan fingerprint density at radius 2 is 2.14 bits per heavy atom. The zero-order chi connectivity index (χ0) is 11.2. The average molecular weight is 199 g/mol. The second-order valence-corrected chi connectivity index (χ2v) is 4.31. The maximum absolute atomic E-state index is 11.2. The zero-order valence-corrected chi connectivity index (χ0v) is 9.59. The van der Waals surface area contributed by atoms with Gasteiger partial charge in [0.1, 0.15) is 5.60 Å². The molecule has 0 spiro atoms. The van der Waals surface area contributed by atoms with E-state index in [2.05, 4.69) is 11.9 Å². The summed E-state index contributed by atoms with van der Waals surface area (Å²) >= 11 is 0. The third-order valence-corrected chi connectivity index (χ3v) is 1.57. The molecule has 0 aliphatic carbocycles. The van der Waals surface area contributed by atoms with Gasteiger partial charge in [-0.25, -0.2) is 0 Å². The molecule has 0 aromatic heterocycles. The summed E-state index contributed by atoms with van der Waals surface area (Å²) in [6.45, 7) is 11.9. The summed E-state index contributed by atoms with van der Waals surface area (Å²) in [4.78, 5) is 11.2. The summed E-state index contributed by atoms with van der Waals surface area (Å²) in [5.74, 6) is -0.165. The van der Waals surface area contributed by atoms with Crippen LogP contribution in [0, 0.1) is 0 Å². The number of nitrogens with one attached hydrogen (secondary N) is 1. The Bertz CT molecular complexity index is 194. The molecule has 0 fully saturated rings. The van der Waals surface area contributed by atoms with Gasteiger partial charge in [0.25, 0.3) is 0 Å². The molecule has 0 amide bonds. The van der Waals surface area contributed by atoms with Gasteiger partial charge >= 0.3 is 5.97 Å². The van der Waals surface area contributed by atoms with Crippen molar-refractivity contribution in [2.24, 2.45) is 0 Å². The maximum Gasteiger partial charge on any atom is 0.307 e. The summed E-state index contributed by atoms with van der Waals surface area (Å²) in [7, 11) is 0.